The lowest BCUT2D eigenvalue weighted by Gasteiger charge is -2.13. The van der Waals surface area contributed by atoms with Crippen LogP contribution in [0.1, 0.15) is 36.7 Å². The molecule has 108 valence electrons. The zero-order chi connectivity index (χ0) is 14.2. The summed E-state index contributed by atoms with van der Waals surface area (Å²) in [4.78, 5) is 7.37. The Kier molecular flexibility index (Phi) is 5.81. The minimum Gasteiger partial charge on any atom is -0.349 e. The third-order valence-electron chi connectivity index (χ3n) is 3.59. The van der Waals surface area contributed by atoms with Gasteiger partial charge in [-0.3, -0.25) is 0 Å². The fourth-order valence-corrected chi connectivity index (χ4v) is 2.39. The number of imidazole rings is 1. The first-order valence-electron chi connectivity index (χ1n) is 7.51. The number of rotatable bonds is 8. The molecule has 0 saturated heterocycles. The predicted octanol–water partition coefficient (Wildman–Crippen LogP) is 3.26. The highest BCUT2D eigenvalue weighted by molar-refractivity contribution is 5.22. The third kappa shape index (κ3) is 5.17. The second-order valence-corrected chi connectivity index (χ2v) is 5.52. The van der Waals surface area contributed by atoms with Crippen molar-refractivity contribution < 1.29 is 0 Å². The molecule has 2 aromatic rings. The average Bonchev–Trinajstić information content (AvgIpc) is 2.95. The fourth-order valence-electron chi connectivity index (χ4n) is 2.39. The summed E-state index contributed by atoms with van der Waals surface area (Å²) in [5.41, 5.74) is 2.79. The monoisotopic (exact) mass is 271 g/mol. The lowest BCUT2D eigenvalue weighted by Crippen LogP contribution is -2.27. The second kappa shape index (κ2) is 7.85. The van der Waals surface area contributed by atoms with Gasteiger partial charge >= 0.3 is 0 Å². The molecule has 0 aliphatic heterocycles. The van der Waals surface area contributed by atoms with Crippen molar-refractivity contribution in [1.29, 1.82) is 0 Å². The molecular weight excluding hydrogens is 246 g/mol. The van der Waals surface area contributed by atoms with Gasteiger partial charge in [0.15, 0.2) is 0 Å². The van der Waals surface area contributed by atoms with E-state index in [0.29, 0.717) is 6.04 Å². The van der Waals surface area contributed by atoms with Crippen LogP contribution in [-0.2, 0) is 12.8 Å². The first kappa shape index (κ1) is 14.8. The molecule has 0 bridgehead atoms. The van der Waals surface area contributed by atoms with Crippen molar-refractivity contribution in [3.8, 4) is 0 Å². The van der Waals surface area contributed by atoms with Gasteiger partial charge in [-0.2, -0.15) is 0 Å². The summed E-state index contributed by atoms with van der Waals surface area (Å²) in [6.07, 6.45) is 8.17. The largest absolute Gasteiger partial charge is 0.349 e. The number of aromatic amines is 1. The summed E-state index contributed by atoms with van der Waals surface area (Å²) in [6, 6.07) is 9.36. The van der Waals surface area contributed by atoms with E-state index in [4.69, 9.17) is 0 Å². The maximum absolute atomic E-state index is 4.23. The highest BCUT2D eigenvalue weighted by Crippen LogP contribution is 2.08. The summed E-state index contributed by atoms with van der Waals surface area (Å²) in [7, 11) is 0. The quantitative estimate of drug-likeness (QED) is 0.724. The van der Waals surface area contributed by atoms with E-state index in [1.807, 2.05) is 12.4 Å². The van der Waals surface area contributed by atoms with Crippen molar-refractivity contribution in [3.05, 3.63) is 53.6 Å². The van der Waals surface area contributed by atoms with Crippen LogP contribution in [0.2, 0.25) is 0 Å². The Labute approximate surface area is 121 Å². The molecule has 0 aliphatic carbocycles. The van der Waals surface area contributed by atoms with E-state index in [2.05, 4.69) is 53.4 Å². The van der Waals surface area contributed by atoms with E-state index in [1.165, 1.54) is 17.5 Å². The lowest BCUT2D eigenvalue weighted by atomic mass is 10.0. The standard InChI is InChI=1S/C17H25N3/c1-14-5-3-6-16(13-14)9-8-15(2)18-10-4-7-17-19-11-12-20-17/h3,5-6,11-13,15,18H,4,7-10H2,1-2H3,(H,19,20). The van der Waals surface area contributed by atoms with E-state index in [-0.39, 0.29) is 0 Å². The fraction of sp³-hybridized carbons (Fsp3) is 0.471. The Morgan fingerprint density at radius 2 is 2.20 bits per heavy atom. The van der Waals surface area contributed by atoms with Crippen molar-refractivity contribution in [1.82, 2.24) is 15.3 Å². The van der Waals surface area contributed by atoms with Gasteiger partial charge in [0.2, 0.25) is 0 Å². The van der Waals surface area contributed by atoms with Gasteiger partial charge in [0.05, 0.1) is 0 Å². The Bertz CT molecular complexity index is 491. The summed E-state index contributed by atoms with van der Waals surface area (Å²) in [6.45, 7) is 5.47. The number of hydrogen-bond acceptors (Lipinski definition) is 2. The van der Waals surface area contributed by atoms with Crippen LogP contribution in [0.3, 0.4) is 0 Å². The van der Waals surface area contributed by atoms with Crippen LogP contribution in [0, 0.1) is 6.92 Å². The Morgan fingerprint density at radius 1 is 1.30 bits per heavy atom. The van der Waals surface area contributed by atoms with Crippen LogP contribution >= 0.6 is 0 Å². The summed E-state index contributed by atoms with van der Waals surface area (Å²) >= 11 is 0. The predicted molar refractivity (Wildman–Crippen MR) is 83.9 cm³/mol. The minimum atomic E-state index is 0.562. The SMILES string of the molecule is Cc1cccc(CCC(C)NCCCc2ncc[nH]2)c1. The van der Waals surface area contributed by atoms with Gasteiger partial charge in [-0.05, 0) is 45.2 Å². The van der Waals surface area contributed by atoms with Crippen LogP contribution in [0.25, 0.3) is 0 Å². The molecule has 0 aliphatic rings. The van der Waals surface area contributed by atoms with E-state index in [9.17, 15) is 0 Å². The molecule has 1 aromatic heterocycles. The lowest BCUT2D eigenvalue weighted by molar-refractivity contribution is 0.505. The molecule has 20 heavy (non-hydrogen) atoms. The summed E-state index contributed by atoms with van der Waals surface area (Å²) in [5.74, 6) is 1.08. The summed E-state index contributed by atoms with van der Waals surface area (Å²) in [5, 5.41) is 3.59. The second-order valence-electron chi connectivity index (χ2n) is 5.52. The number of benzene rings is 1. The molecule has 0 spiro atoms. The molecule has 1 atom stereocenters. The molecule has 0 radical (unpaired) electrons. The summed E-state index contributed by atoms with van der Waals surface area (Å²) < 4.78 is 0. The first-order chi connectivity index (χ1) is 9.74. The van der Waals surface area contributed by atoms with Crippen molar-refractivity contribution >= 4 is 0 Å². The van der Waals surface area contributed by atoms with E-state index in [0.717, 1.165) is 31.6 Å². The molecule has 1 aromatic carbocycles. The van der Waals surface area contributed by atoms with E-state index in [1.54, 1.807) is 0 Å². The Hall–Kier alpha value is -1.61. The van der Waals surface area contributed by atoms with Gasteiger partial charge in [-0.1, -0.05) is 29.8 Å². The molecule has 3 nitrogen and oxygen atoms in total. The molecule has 0 fully saturated rings. The van der Waals surface area contributed by atoms with Crippen LogP contribution < -0.4 is 5.32 Å². The van der Waals surface area contributed by atoms with Crippen molar-refractivity contribution in [3.63, 3.8) is 0 Å². The maximum Gasteiger partial charge on any atom is 0.106 e. The first-order valence-corrected chi connectivity index (χ1v) is 7.51. The number of hydrogen-bond donors (Lipinski definition) is 2. The van der Waals surface area contributed by atoms with Crippen LogP contribution in [0.15, 0.2) is 36.7 Å². The zero-order valence-electron chi connectivity index (χ0n) is 12.5. The van der Waals surface area contributed by atoms with E-state index < -0.39 is 0 Å². The normalized spacial score (nSPS) is 12.5. The molecular formula is C17H25N3. The number of aryl methyl sites for hydroxylation is 3. The van der Waals surface area contributed by atoms with Crippen molar-refractivity contribution in [2.75, 3.05) is 6.54 Å². The van der Waals surface area contributed by atoms with Gasteiger partial charge in [0, 0.05) is 24.9 Å². The highest BCUT2D eigenvalue weighted by atomic mass is 14.9. The van der Waals surface area contributed by atoms with Crippen molar-refractivity contribution in [2.45, 2.75) is 45.6 Å². The minimum absolute atomic E-state index is 0.562. The molecule has 1 unspecified atom stereocenters. The molecule has 2 rings (SSSR count). The van der Waals surface area contributed by atoms with E-state index >= 15 is 0 Å². The number of nitrogens with zero attached hydrogens (tertiary/aromatic N) is 1. The van der Waals surface area contributed by atoms with Crippen LogP contribution in [0.4, 0.5) is 0 Å². The average molecular weight is 271 g/mol. The van der Waals surface area contributed by atoms with Gasteiger partial charge in [0.25, 0.3) is 0 Å². The number of nitrogens with one attached hydrogen (secondary N) is 2. The molecule has 3 heteroatoms. The molecule has 0 amide bonds. The van der Waals surface area contributed by atoms with Crippen molar-refractivity contribution in [2.24, 2.45) is 0 Å². The van der Waals surface area contributed by atoms with Gasteiger partial charge in [0.1, 0.15) is 5.82 Å². The third-order valence-corrected chi connectivity index (χ3v) is 3.59. The number of aromatic nitrogens is 2. The zero-order valence-corrected chi connectivity index (χ0v) is 12.5. The molecule has 2 N–H and O–H groups in total. The number of H-pyrrole nitrogens is 1. The maximum atomic E-state index is 4.23. The van der Waals surface area contributed by atoms with Gasteiger partial charge in [-0.25, -0.2) is 4.98 Å². The molecule has 1 heterocycles. The van der Waals surface area contributed by atoms with Crippen LogP contribution in [0.5, 0.6) is 0 Å². The Balaban J connectivity index is 1.59. The van der Waals surface area contributed by atoms with Gasteiger partial charge < -0.3 is 10.3 Å². The molecule has 0 saturated carbocycles. The topological polar surface area (TPSA) is 40.7 Å². The Morgan fingerprint density at radius 3 is 2.95 bits per heavy atom. The highest BCUT2D eigenvalue weighted by Gasteiger charge is 2.02. The van der Waals surface area contributed by atoms with Gasteiger partial charge in [-0.15, -0.1) is 0 Å². The smallest absolute Gasteiger partial charge is 0.106 e. The van der Waals surface area contributed by atoms with Crippen LogP contribution in [-0.4, -0.2) is 22.6 Å².